The van der Waals surface area contributed by atoms with Gasteiger partial charge >= 0.3 is 0 Å². The number of rotatable bonds is 11. The molecule has 1 saturated heterocycles. The van der Waals surface area contributed by atoms with E-state index in [0.29, 0.717) is 12.4 Å². The predicted molar refractivity (Wildman–Crippen MR) is 146 cm³/mol. The second kappa shape index (κ2) is 12.9. The summed E-state index contributed by atoms with van der Waals surface area (Å²) in [6.45, 7) is 5.08. The Hall–Kier alpha value is -3.43. The second-order valence-electron chi connectivity index (χ2n) is 9.27. The average Bonchev–Trinajstić information content (AvgIpc) is 2.93. The first kappa shape index (κ1) is 27.6. The highest BCUT2D eigenvalue weighted by molar-refractivity contribution is 7.92. The largest absolute Gasteiger partial charge is 0.494 e. The van der Waals surface area contributed by atoms with Gasteiger partial charge in [0.1, 0.15) is 18.1 Å². The highest BCUT2D eigenvalue weighted by atomic mass is 32.2. The number of benzene rings is 3. The van der Waals surface area contributed by atoms with Gasteiger partial charge in [0.15, 0.2) is 0 Å². The molecule has 0 bridgehead atoms. The Morgan fingerprint density at radius 1 is 0.947 bits per heavy atom. The van der Waals surface area contributed by atoms with Crippen molar-refractivity contribution in [3.63, 3.8) is 0 Å². The van der Waals surface area contributed by atoms with E-state index in [9.17, 15) is 17.6 Å². The molecule has 9 heteroatoms. The van der Waals surface area contributed by atoms with Crippen LogP contribution >= 0.6 is 0 Å². The summed E-state index contributed by atoms with van der Waals surface area (Å²) in [5.74, 6) is -0.417. The molecule has 3 aromatic rings. The number of nitrogens with one attached hydrogen (secondary N) is 1. The molecule has 1 aliphatic rings. The minimum Gasteiger partial charge on any atom is -0.494 e. The molecular weight excluding hydrogens is 505 g/mol. The number of sulfonamides is 1. The highest BCUT2D eigenvalue weighted by Gasteiger charge is 2.27. The highest BCUT2D eigenvalue weighted by Crippen LogP contribution is 2.25. The lowest BCUT2D eigenvalue weighted by molar-refractivity contribution is -0.119. The molecule has 1 amide bonds. The number of carbonyl (C=O) groups is 1. The van der Waals surface area contributed by atoms with Gasteiger partial charge in [-0.15, -0.1) is 0 Å². The third kappa shape index (κ3) is 7.11. The SMILES string of the molecule is CCOc1ccc(S(=O)(=O)N(CC(=O)NCc2ccccc2CN2CCCCC2)c2ccc(F)cc2)cc1. The van der Waals surface area contributed by atoms with Crippen LogP contribution in [0.15, 0.2) is 77.7 Å². The zero-order valence-electron chi connectivity index (χ0n) is 21.6. The van der Waals surface area contributed by atoms with Crippen molar-refractivity contribution in [2.75, 3.05) is 30.5 Å². The van der Waals surface area contributed by atoms with Gasteiger partial charge in [0.25, 0.3) is 10.0 Å². The molecule has 38 heavy (non-hydrogen) atoms. The summed E-state index contributed by atoms with van der Waals surface area (Å²) >= 11 is 0. The van der Waals surface area contributed by atoms with Crippen LogP contribution in [0.2, 0.25) is 0 Å². The van der Waals surface area contributed by atoms with Crippen molar-refractivity contribution in [3.8, 4) is 5.75 Å². The van der Waals surface area contributed by atoms with E-state index in [1.807, 2.05) is 25.1 Å². The summed E-state index contributed by atoms with van der Waals surface area (Å²) < 4.78 is 47.2. The first-order valence-electron chi connectivity index (χ1n) is 12.9. The minimum atomic E-state index is -4.12. The normalized spacial score (nSPS) is 14.2. The number of likely N-dealkylation sites (tertiary alicyclic amines) is 1. The molecule has 0 atom stereocenters. The number of ether oxygens (including phenoxy) is 1. The molecule has 0 aliphatic carbocycles. The smallest absolute Gasteiger partial charge is 0.264 e. The third-order valence-corrected chi connectivity index (χ3v) is 8.35. The van der Waals surface area contributed by atoms with Crippen LogP contribution in [0.5, 0.6) is 5.75 Å². The van der Waals surface area contributed by atoms with Gasteiger partial charge < -0.3 is 10.1 Å². The Morgan fingerprint density at radius 2 is 1.61 bits per heavy atom. The molecule has 1 aliphatic heterocycles. The fourth-order valence-electron chi connectivity index (χ4n) is 4.55. The second-order valence-corrected chi connectivity index (χ2v) is 11.1. The van der Waals surface area contributed by atoms with Gasteiger partial charge in [0.2, 0.25) is 5.91 Å². The van der Waals surface area contributed by atoms with Crippen LogP contribution in [0.1, 0.15) is 37.3 Å². The van der Waals surface area contributed by atoms with Gasteiger partial charge in [-0.25, -0.2) is 12.8 Å². The van der Waals surface area contributed by atoms with Crippen molar-refractivity contribution < 1.29 is 22.3 Å². The summed E-state index contributed by atoms with van der Waals surface area (Å²) in [5.41, 5.74) is 2.34. The Kier molecular flexibility index (Phi) is 9.36. The van der Waals surface area contributed by atoms with E-state index >= 15 is 0 Å². The van der Waals surface area contributed by atoms with Crippen LogP contribution in [0.25, 0.3) is 0 Å². The number of halogens is 1. The molecule has 0 saturated carbocycles. The lowest BCUT2D eigenvalue weighted by Crippen LogP contribution is -2.40. The Balaban J connectivity index is 1.50. The van der Waals surface area contributed by atoms with Crippen molar-refractivity contribution in [3.05, 3.63) is 89.7 Å². The van der Waals surface area contributed by atoms with E-state index < -0.39 is 28.3 Å². The Bertz CT molecular complexity index is 1310. The van der Waals surface area contributed by atoms with E-state index in [1.54, 1.807) is 12.1 Å². The Morgan fingerprint density at radius 3 is 2.26 bits per heavy atom. The van der Waals surface area contributed by atoms with Crippen LogP contribution < -0.4 is 14.4 Å². The summed E-state index contributed by atoms with van der Waals surface area (Å²) in [4.78, 5) is 15.5. The van der Waals surface area contributed by atoms with Crippen LogP contribution in [-0.2, 0) is 27.9 Å². The number of piperidine rings is 1. The molecule has 7 nitrogen and oxygen atoms in total. The minimum absolute atomic E-state index is 0.00459. The van der Waals surface area contributed by atoms with Gasteiger partial charge in [-0.05, 0) is 92.5 Å². The molecule has 4 rings (SSSR count). The number of anilines is 1. The van der Waals surface area contributed by atoms with E-state index in [2.05, 4.69) is 16.3 Å². The number of hydrogen-bond donors (Lipinski definition) is 1. The molecule has 202 valence electrons. The van der Waals surface area contributed by atoms with Crippen LogP contribution in [0.4, 0.5) is 10.1 Å². The maximum absolute atomic E-state index is 13.6. The number of hydrogen-bond acceptors (Lipinski definition) is 5. The maximum atomic E-state index is 13.6. The molecule has 0 aromatic heterocycles. The van der Waals surface area contributed by atoms with Gasteiger partial charge in [0, 0.05) is 13.1 Å². The monoisotopic (exact) mass is 539 g/mol. The Labute approximate surface area is 224 Å². The summed E-state index contributed by atoms with van der Waals surface area (Å²) in [7, 11) is -4.12. The van der Waals surface area contributed by atoms with Gasteiger partial charge in [0.05, 0.1) is 17.2 Å². The van der Waals surface area contributed by atoms with E-state index in [1.165, 1.54) is 55.7 Å². The molecule has 0 spiro atoms. The van der Waals surface area contributed by atoms with Gasteiger partial charge in [-0.1, -0.05) is 30.7 Å². The maximum Gasteiger partial charge on any atom is 0.264 e. The van der Waals surface area contributed by atoms with Crippen LogP contribution in [0.3, 0.4) is 0 Å². The van der Waals surface area contributed by atoms with E-state index in [-0.39, 0.29) is 17.1 Å². The lowest BCUT2D eigenvalue weighted by Gasteiger charge is -2.27. The average molecular weight is 540 g/mol. The van der Waals surface area contributed by atoms with Gasteiger partial charge in [-0.3, -0.25) is 14.0 Å². The standard InChI is InChI=1S/C29H34FN3O4S/c1-2-37-27-14-16-28(17-15-27)38(35,36)33(26-12-10-25(30)11-13-26)22-29(34)31-20-23-8-4-5-9-24(23)21-32-18-6-3-7-19-32/h4-5,8-17H,2-3,6-7,18-22H2,1H3,(H,31,34). The van der Waals surface area contributed by atoms with Gasteiger partial charge in [-0.2, -0.15) is 0 Å². The summed E-state index contributed by atoms with van der Waals surface area (Å²) in [5, 5.41) is 2.88. The zero-order valence-corrected chi connectivity index (χ0v) is 22.4. The number of amides is 1. The first-order valence-corrected chi connectivity index (χ1v) is 14.4. The molecule has 1 N–H and O–H groups in total. The molecule has 0 unspecified atom stereocenters. The topological polar surface area (TPSA) is 79.0 Å². The fourth-order valence-corrected chi connectivity index (χ4v) is 5.97. The van der Waals surface area contributed by atoms with E-state index in [0.717, 1.165) is 35.1 Å². The van der Waals surface area contributed by atoms with Crippen LogP contribution in [0, 0.1) is 5.82 Å². The lowest BCUT2D eigenvalue weighted by atomic mass is 10.0. The molecule has 0 radical (unpaired) electrons. The number of carbonyl (C=O) groups excluding carboxylic acids is 1. The molecule has 1 fully saturated rings. The van der Waals surface area contributed by atoms with Crippen molar-refractivity contribution in [2.45, 2.75) is 44.2 Å². The fraction of sp³-hybridized carbons (Fsp3) is 0.345. The van der Waals surface area contributed by atoms with Crippen molar-refractivity contribution >= 4 is 21.6 Å². The molecule has 3 aromatic carbocycles. The number of nitrogens with zero attached hydrogens (tertiary/aromatic N) is 2. The van der Waals surface area contributed by atoms with Crippen molar-refractivity contribution in [1.29, 1.82) is 0 Å². The summed E-state index contributed by atoms with van der Waals surface area (Å²) in [6.07, 6.45) is 3.65. The quantitative estimate of drug-likeness (QED) is 0.382. The van der Waals surface area contributed by atoms with Crippen LogP contribution in [-0.4, -0.2) is 45.5 Å². The van der Waals surface area contributed by atoms with Crippen molar-refractivity contribution in [1.82, 2.24) is 10.2 Å². The predicted octanol–water partition coefficient (Wildman–Crippen LogP) is 4.72. The molecular formula is C29H34FN3O4S. The van der Waals surface area contributed by atoms with E-state index in [4.69, 9.17) is 4.74 Å². The third-order valence-electron chi connectivity index (χ3n) is 6.56. The molecule has 1 heterocycles. The zero-order chi connectivity index (χ0) is 27.0. The first-order chi connectivity index (χ1) is 18.4. The van der Waals surface area contributed by atoms with Crippen molar-refractivity contribution in [2.24, 2.45) is 0 Å². The summed E-state index contributed by atoms with van der Waals surface area (Å²) in [6, 6.07) is 19.0.